The molecule has 0 aliphatic rings. The van der Waals surface area contributed by atoms with E-state index in [4.69, 9.17) is 0 Å². The number of allylic oxidation sites excluding steroid dienone is 2. The summed E-state index contributed by atoms with van der Waals surface area (Å²) in [5.41, 5.74) is 0. The summed E-state index contributed by atoms with van der Waals surface area (Å²) in [7, 11) is 0. The molecule has 12 heavy (non-hydrogen) atoms. The van der Waals surface area contributed by atoms with E-state index in [-0.39, 0.29) is 0 Å². The fourth-order valence-corrected chi connectivity index (χ4v) is 0.618. The molecule has 0 spiro atoms. The highest BCUT2D eigenvalue weighted by Gasteiger charge is 2.42. The highest BCUT2D eigenvalue weighted by Crippen LogP contribution is 2.41. The zero-order valence-electron chi connectivity index (χ0n) is 5.02. The van der Waals surface area contributed by atoms with Crippen LogP contribution in [0.4, 0.5) is 22.0 Å². The van der Waals surface area contributed by atoms with E-state index in [0.717, 1.165) is 0 Å². The molecule has 0 heterocycles. The highest BCUT2D eigenvalue weighted by molar-refractivity contribution is 6.44. The predicted octanol–water partition coefficient (Wildman–Crippen LogP) is 4.07. The van der Waals surface area contributed by atoms with Crippen molar-refractivity contribution in [1.82, 2.24) is 0 Å². The number of alkyl halides is 6. The SMILES string of the molecule is FC(F)(F)/C(Cl)=C(/Cl)C(F)(F)Cl. The first kappa shape index (κ1) is 12.3. The molecule has 72 valence electrons. The number of rotatable bonds is 1. The Bertz CT molecular complexity index is 178. The van der Waals surface area contributed by atoms with Crippen LogP contribution in [0, 0.1) is 0 Å². The third kappa shape index (κ3) is 3.33. The van der Waals surface area contributed by atoms with E-state index in [9.17, 15) is 22.0 Å². The van der Waals surface area contributed by atoms with Crippen LogP contribution in [0.3, 0.4) is 0 Å². The van der Waals surface area contributed by atoms with Crippen molar-refractivity contribution < 1.29 is 22.0 Å². The first-order valence-electron chi connectivity index (χ1n) is 2.26. The minimum absolute atomic E-state index is 1.93. The Morgan fingerprint density at radius 3 is 1.25 bits per heavy atom. The molecule has 0 aliphatic heterocycles. The lowest BCUT2D eigenvalue weighted by atomic mass is 10.5. The van der Waals surface area contributed by atoms with Crippen molar-refractivity contribution >= 4 is 34.8 Å². The molecule has 0 fully saturated rings. The Kier molecular flexibility index (Phi) is 3.63. The summed E-state index contributed by atoms with van der Waals surface area (Å²) < 4.78 is 58.5. The lowest BCUT2D eigenvalue weighted by Crippen LogP contribution is -2.15. The van der Waals surface area contributed by atoms with E-state index in [1.165, 1.54) is 0 Å². The molecule has 8 heteroatoms. The topological polar surface area (TPSA) is 0 Å². The molecule has 0 nitrogen and oxygen atoms in total. The van der Waals surface area contributed by atoms with Crippen LogP contribution < -0.4 is 0 Å². The van der Waals surface area contributed by atoms with Gasteiger partial charge in [0.2, 0.25) is 0 Å². The Morgan fingerprint density at radius 2 is 1.17 bits per heavy atom. The Hall–Kier alpha value is 0.260. The van der Waals surface area contributed by atoms with Crippen LogP contribution >= 0.6 is 34.8 Å². The molecule has 0 N–H and O–H groups in total. The average molecular weight is 249 g/mol. The fraction of sp³-hybridized carbons (Fsp3) is 0.500. The van der Waals surface area contributed by atoms with Gasteiger partial charge in [0.1, 0.15) is 10.1 Å². The Morgan fingerprint density at radius 1 is 0.833 bits per heavy atom. The molecule has 0 radical (unpaired) electrons. The van der Waals surface area contributed by atoms with Gasteiger partial charge in [-0.15, -0.1) is 0 Å². The van der Waals surface area contributed by atoms with Crippen LogP contribution in [0.5, 0.6) is 0 Å². The van der Waals surface area contributed by atoms with Crippen molar-refractivity contribution in [2.45, 2.75) is 11.6 Å². The molecule has 0 bridgehead atoms. The zero-order chi connectivity index (χ0) is 10.2. The van der Waals surface area contributed by atoms with Crippen LogP contribution in [-0.2, 0) is 0 Å². The monoisotopic (exact) mass is 248 g/mol. The average Bonchev–Trinajstić information content (AvgIpc) is 1.80. The smallest absolute Gasteiger partial charge is 0.182 e. The van der Waals surface area contributed by atoms with E-state index in [1.807, 2.05) is 0 Å². The van der Waals surface area contributed by atoms with Crippen LogP contribution in [0.25, 0.3) is 0 Å². The quantitative estimate of drug-likeness (QED) is 0.485. The van der Waals surface area contributed by atoms with Crippen LogP contribution in [0.2, 0.25) is 0 Å². The lowest BCUT2D eigenvalue weighted by molar-refractivity contribution is -0.0862. The van der Waals surface area contributed by atoms with Crippen molar-refractivity contribution in [2.24, 2.45) is 0 Å². The fourth-order valence-electron chi connectivity index (χ4n) is 0.249. The minimum atomic E-state index is -5.11. The number of hydrogen-bond acceptors (Lipinski definition) is 0. The largest absolute Gasteiger partial charge is 0.428 e. The standard InChI is InChI=1S/C4Cl3F5/c5-1(3(7,8)9)2(6)4(10,11)12/b2-1-. The van der Waals surface area contributed by atoms with Gasteiger partial charge in [-0.1, -0.05) is 23.2 Å². The molecule has 0 saturated carbocycles. The molecular weight excluding hydrogens is 249 g/mol. The van der Waals surface area contributed by atoms with Crippen LogP contribution in [-0.4, -0.2) is 11.6 Å². The molecule has 0 amide bonds. The molecule has 0 atom stereocenters. The van der Waals surface area contributed by atoms with Crippen molar-refractivity contribution in [2.75, 3.05) is 0 Å². The zero-order valence-corrected chi connectivity index (χ0v) is 7.29. The molecule has 0 aromatic heterocycles. The highest BCUT2D eigenvalue weighted by atomic mass is 35.5. The van der Waals surface area contributed by atoms with Crippen molar-refractivity contribution in [1.29, 1.82) is 0 Å². The Balaban J connectivity index is 4.96. The second-order valence-corrected chi connectivity index (χ2v) is 2.85. The van der Waals surface area contributed by atoms with Gasteiger partial charge in [-0.2, -0.15) is 22.0 Å². The normalized spacial score (nSPS) is 16.0. The summed E-state index contributed by atoms with van der Waals surface area (Å²) in [6, 6.07) is 0. The van der Waals surface area contributed by atoms with E-state index in [0.29, 0.717) is 0 Å². The van der Waals surface area contributed by atoms with Crippen molar-refractivity contribution in [3.8, 4) is 0 Å². The lowest BCUT2D eigenvalue weighted by Gasteiger charge is -2.10. The molecule has 0 unspecified atom stereocenters. The molecular formula is C4Cl3F5. The van der Waals surface area contributed by atoms with Gasteiger partial charge >= 0.3 is 11.6 Å². The summed E-state index contributed by atoms with van der Waals surface area (Å²) in [6.07, 6.45) is -5.11. The van der Waals surface area contributed by atoms with Crippen molar-refractivity contribution in [3.63, 3.8) is 0 Å². The molecule has 0 aliphatic carbocycles. The second-order valence-electron chi connectivity index (χ2n) is 1.62. The maximum absolute atomic E-state index is 11.9. The van der Waals surface area contributed by atoms with E-state index in [2.05, 4.69) is 34.8 Å². The number of halogens is 8. The van der Waals surface area contributed by atoms with Gasteiger partial charge in [0, 0.05) is 0 Å². The van der Waals surface area contributed by atoms with Gasteiger partial charge in [-0.25, -0.2) is 0 Å². The van der Waals surface area contributed by atoms with Gasteiger partial charge in [0.15, 0.2) is 0 Å². The third-order valence-corrected chi connectivity index (χ3v) is 1.90. The molecule has 0 saturated heterocycles. The van der Waals surface area contributed by atoms with Gasteiger partial charge < -0.3 is 0 Å². The molecule has 0 aromatic carbocycles. The first-order valence-corrected chi connectivity index (χ1v) is 3.40. The first-order chi connectivity index (χ1) is 5.07. The van der Waals surface area contributed by atoms with Gasteiger partial charge in [-0.3, -0.25) is 0 Å². The van der Waals surface area contributed by atoms with E-state index in [1.54, 1.807) is 0 Å². The third-order valence-electron chi connectivity index (χ3n) is 0.690. The minimum Gasteiger partial charge on any atom is -0.182 e. The summed E-state index contributed by atoms with van der Waals surface area (Å²) in [6.45, 7) is 0. The van der Waals surface area contributed by atoms with E-state index >= 15 is 0 Å². The molecule has 0 aromatic rings. The van der Waals surface area contributed by atoms with E-state index < -0.39 is 21.6 Å². The van der Waals surface area contributed by atoms with Crippen molar-refractivity contribution in [3.05, 3.63) is 10.1 Å². The summed E-state index contributed by atoms with van der Waals surface area (Å²) >= 11 is 13.2. The number of hydrogen-bond donors (Lipinski definition) is 0. The van der Waals surface area contributed by atoms with Gasteiger partial charge in [0.05, 0.1) is 0 Å². The summed E-state index contributed by atoms with van der Waals surface area (Å²) in [5.74, 6) is 0. The van der Waals surface area contributed by atoms with Gasteiger partial charge in [0.25, 0.3) is 0 Å². The Labute approximate surface area is 78.9 Å². The van der Waals surface area contributed by atoms with Crippen LogP contribution in [0.15, 0.2) is 10.1 Å². The molecule has 0 rings (SSSR count). The van der Waals surface area contributed by atoms with Crippen LogP contribution in [0.1, 0.15) is 0 Å². The maximum atomic E-state index is 11.9. The predicted molar refractivity (Wildman–Crippen MR) is 35.6 cm³/mol. The second kappa shape index (κ2) is 3.55. The summed E-state index contributed by atoms with van der Waals surface area (Å²) in [4.78, 5) is 0. The maximum Gasteiger partial charge on any atom is 0.428 e. The summed E-state index contributed by atoms with van der Waals surface area (Å²) in [5, 5.41) is -8.35. The van der Waals surface area contributed by atoms with Gasteiger partial charge in [-0.05, 0) is 11.6 Å².